The summed E-state index contributed by atoms with van der Waals surface area (Å²) in [6, 6.07) is 15.3. The van der Waals surface area contributed by atoms with Crippen molar-refractivity contribution in [3.05, 3.63) is 76.6 Å². The average molecular weight is 416 g/mol. The zero-order valence-electron chi connectivity index (χ0n) is 15.9. The minimum atomic E-state index is -0.448. The Labute approximate surface area is 173 Å². The van der Waals surface area contributed by atoms with E-state index in [1.54, 1.807) is 37.4 Å². The molecule has 0 fully saturated rings. The number of anilines is 1. The molecule has 0 radical (unpaired) electrons. The molecule has 3 aromatic rings. The fraction of sp³-hybridized carbons (Fsp3) is 0.238. The first kappa shape index (κ1) is 20.7. The highest BCUT2D eigenvalue weighted by atomic mass is 35.5. The zero-order valence-corrected chi connectivity index (χ0v) is 16.6. The number of ether oxygens (including phenoxy) is 1. The molecule has 0 spiro atoms. The molecule has 1 aromatic heterocycles. The molecule has 1 atom stereocenters. The Morgan fingerprint density at radius 3 is 2.59 bits per heavy atom. The van der Waals surface area contributed by atoms with Gasteiger partial charge < -0.3 is 25.0 Å². The predicted molar refractivity (Wildman–Crippen MR) is 110 cm³/mol. The van der Waals surface area contributed by atoms with Gasteiger partial charge in [0.25, 0.3) is 0 Å². The van der Waals surface area contributed by atoms with Crippen LogP contribution in [0.2, 0.25) is 5.02 Å². The molecule has 0 bridgehead atoms. The quantitative estimate of drug-likeness (QED) is 0.517. The van der Waals surface area contributed by atoms with Gasteiger partial charge in [0.15, 0.2) is 5.76 Å². The highest BCUT2D eigenvalue weighted by Crippen LogP contribution is 2.22. The highest BCUT2D eigenvalue weighted by Gasteiger charge is 2.20. The summed E-state index contributed by atoms with van der Waals surface area (Å²) in [5, 5.41) is 19.3. The molecular formula is C21H22ClN3O4. The lowest BCUT2D eigenvalue weighted by molar-refractivity contribution is 0.244. The van der Waals surface area contributed by atoms with Crippen molar-refractivity contribution >= 4 is 23.3 Å². The Hall–Kier alpha value is -3.03. The van der Waals surface area contributed by atoms with Gasteiger partial charge in [0.05, 0.1) is 18.8 Å². The molecule has 8 heteroatoms. The van der Waals surface area contributed by atoms with Crippen molar-refractivity contribution in [3.63, 3.8) is 0 Å². The number of nitrogens with one attached hydrogen (secondary N) is 2. The molecule has 0 aliphatic heterocycles. The normalized spacial score (nSPS) is 11.7. The van der Waals surface area contributed by atoms with Gasteiger partial charge in [-0.3, -0.25) is 0 Å². The summed E-state index contributed by atoms with van der Waals surface area (Å²) in [6.45, 7) is -0.0282. The molecule has 2 aromatic carbocycles. The molecule has 7 nitrogen and oxygen atoms in total. The lowest BCUT2D eigenvalue weighted by atomic mass is 10.0. The molecule has 3 rings (SSSR count). The van der Waals surface area contributed by atoms with Crippen molar-refractivity contribution in [3.8, 4) is 5.75 Å². The minimum absolute atomic E-state index is 0.0282. The van der Waals surface area contributed by atoms with Crippen LogP contribution in [0.4, 0.5) is 10.5 Å². The van der Waals surface area contributed by atoms with Gasteiger partial charge in [0.2, 0.25) is 0 Å². The van der Waals surface area contributed by atoms with Crippen molar-refractivity contribution in [2.24, 2.45) is 0 Å². The highest BCUT2D eigenvalue weighted by molar-refractivity contribution is 6.30. The zero-order chi connectivity index (χ0) is 20.6. The van der Waals surface area contributed by atoms with E-state index in [-0.39, 0.29) is 12.6 Å². The van der Waals surface area contributed by atoms with Crippen LogP contribution in [0, 0.1) is 0 Å². The van der Waals surface area contributed by atoms with Gasteiger partial charge in [-0.25, -0.2) is 4.79 Å². The number of halogens is 1. The first-order valence-corrected chi connectivity index (χ1v) is 9.47. The van der Waals surface area contributed by atoms with Gasteiger partial charge in [-0.1, -0.05) is 28.9 Å². The summed E-state index contributed by atoms with van der Waals surface area (Å²) < 4.78 is 10.6. The van der Waals surface area contributed by atoms with Crippen LogP contribution in [0.1, 0.15) is 23.1 Å². The Balaban J connectivity index is 1.75. The number of aliphatic hydroxyl groups is 1. The number of nitrogens with zero attached hydrogens (tertiary/aromatic N) is 1. The number of aromatic nitrogens is 1. The SMILES string of the molecule is COc1ccc(C[C@H](NC(=O)Nc2ccc(Cl)cc2)c2cc(CCO)no2)cc1. The summed E-state index contributed by atoms with van der Waals surface area (Å²) >= 11 is 5.88. The van der Waals surface area contributed by atoms with E-state index in [4.69, 9.17) is 26.0 Å². The summed E-state index contributed by atoms with van der Waals surface area (Å²) in [4.78, 5) is 12.5. The molecule has 1 heterocycles. The van der Waals surface area contributed by atoms with E-state index in [2.05, 4.69) is 15.8 Å². The van der Waals surface area contributed by atoms with Crippen LogP contribution < -0.4 is 15.4 Å². The Morgan fingerprint density at radius 1 is 1.21 bits per heavy atom. The lowest BCUT2D eigenvalue weighted by Crippen LogP contribution is -2.33. The predicted octanol–water partition coefficient (Wildman–Crippen LogP) is 3.98. The summed E-state index contributed by atoms with van der Waals surface area (Å²) in [5.74, 6) is 1.26. The third-order valence-electron chi connectivity index (χ3n) is 4.29. The van der Waals surface area contributed by atoms with Crippen LogP contribution >= 0.6 is 11.6 Å². The first-order chi connectivity index (χ1) is 14.1. The fourth-order valence-corrected chi connectivity index (χ4v) is 2.93. The first-order valence-electron chi connectivity index (χ1n) is 9.09. The third kappa shape index (κ3) is 5.97. The van der Waals surface area contributed by atoms with E-state index in [1.807, 2.05) is 24.3 Å². The molecule has 0 aliphatic carbocycles. The number of rotatable bonds is 8. The molecule has 3 N–H and O–H groups in total. The minimum Gasteiger partial charge on any atom is -0.497 e. The number of aliphatic hydroxyl groups excluding tert-OH is 1. The van der Waals surface area contributed by atoms with Gasteiger partial charge in [0.1, 0.15) is 5.75 Å². The van der Waals surface area contributed by atoms with E-state index in [1.165, 1.54) is 0 Å². The van der Waals surface area contributed by atoms with E-state index in [0.29, 0.717) is 35.0 Å². The second-order valence-corrected chi connectivity index (χ2v) is 6.84. The maximum absolute atomic E-state index is 12.5. The van der Waals surface area contributed by atoms with Gasteiger partial charge in [0, 0.05) is 36.2 Å². The second kappa shape index (κ2) is 9.95. The molecule has 152 valence electrons. The maximum Gasteiger partial charge on any atom is 0.319 e. The fourth-order valence-electron chi connectivity index (χ4n) is 2.80. The number of carbonyl (C=O) groups is 1. The lowest BCUT2D eigenvalue weighted by Gasteiger charge is -2.17. The van der Waals surface area contributed by atoms with E-state index >= 15 is 0 Å². The molecule has 0 aliphatic rings. The number of methoxy groups -OCH3 is 1. The molecule has 0 saturated heterocycles. The molecule has 29 heavy (non-hydrogen) atoms. The summed E-state index contributed by atoms with van der Waals surface area (Å²) in [6.07, 6.45) is 0.877. The van der Waals surface area contributed by atoms with Crippen molar-refractivity contribution in [2.75, 3.05) is 19.0 Å². The second-order valence-electron chi connectivity index (χ2n) is 6.40. The maximum atomic E-state index is 12.5. The van der Waals surface area contributed by atoms with Crippen LogP contribution in [0.5, 0.6) is 5.75 Å². The molecule has 2 amide bonds. The average Bonchev–Trinajstić information content (AvgIpc) is 3.19. The molecule has 0 unspecified atom stereocenters. The molecule has 0 saturated carbocycles. The smallest absolute Gasteiger partial charge is 0.319 e. The summed E-state index contributed by atoms with van der Waals surface area (Å²) in [7, 11) is 1.61. The number of benzene rings is 2. The Morgan fingerprint density at radius 2 is 1.93 bits per heavy atom. The monoisotopic (exact) mass is 415 g/mol. The number of amides is 2. The van der Waals surface area contributed by atoms with Crippen LogP contribution in [0.3, 0.4) is 0 Å². The van der Waals surface area contributed by atoms with E-state index < -0.39 is 6.04 Å². The van der Waals surface area contributed by atoms with Crippen molar-refractivity contribution in [2.45, 2.75) is 18.9 Å². The van der Waals surface area contributed by atoms with Gasteiger partial charge in [-0.2, -0.15) is 0 Å². The number of hydrogen-bond donors (Lipinski definition) is 3. The topological polar surface area (TPSA) is 96.6 Å². The Bertz CT molecular complexity index is 926. The van der Waals surface area contributed by atoms with Crippen LogP contribution in [-0.4, -0.2) is 30.0 Å². The van der Waals surface area contributed by atoms with Crippen LogP contribution in [-0.2, 0) is 12.8 Å². The van der Waals surface area contributed by atoms with Crippen molar-refractivity contribution in [1.82, 2.24) is 10.5 Å². The van der Waals surface area contributed by atoms with E-state index in [0.717, 1.165) is 11.3 Å². The number of carbonyl (C=O) groups excluding carboxylic acids is 1. The molecular weight excluding hydrogens is 394 g/mol. The number of hydrogen-bond acceptors (Lipinski definition) is 5. The summed E-state index contributed by atoms with van der Waals surface area (Å²) in [5.41, 5.74) is 2.23. The van der Waals surface area contributed by atoms with Gasteiger partial charge in [-0.05, 0) is 42.0 Å². The van der Waals surface area contributed by atoms with Crippen LogP contribution in [0.25, 0.3) is 0 Å². The van der Waals surface area contributed by atoms with E-state index in [9.17, 15) is 4.79 Å². The largest absolute Gasteiger partial charge is 0.497 e. The standard InChI is InChI=1S/C21H22ClN3O4/c1-28-18-8-2-14(3-9-18)12-19(20-13-17(10-11-26)25-29-20)24-21(27)23-16-6-4-15(22)5-7-16/h2-9,13,19,26H,10-12H2,1H3,(H2,23,24,27)/t19-/m0/s1. The van der Waals surface area contributed by atoms with Crippen molar-refractivity contribution in [1.29, 1.82) is 0 Å². The van der Waals surface area contributed by atoms with Gasteiger partial charge >= 0.3 is 6.03 Å². The third-order valence-corrected chi connectivity index (χ3v) is 4.55. The Kier molecular flexibility index (Phi) is 7.10. The van der Waals surface area contributed by atoms with Crippen molar-refractivity contribution < 1.29 is 19.2 Å². The van der Waals surface area contributed by atoms with Gasteiger partial charge in [-0.15, -0.1) is 0 Å². The van der Waals surface area contributed by atoms with Crippen LogP contribution in [0.15, 0.2) is 59.1 Å². The number of urea groups is 1.